The van der Waals surface area contributed by atoms with E-state index in [1.165, 1.54) is 49.8 Å². The normalized spacial score (nSPS) is 16.6. The van der Waals surface area contributed by atoms with Gasteiger partial charge < -0.3 is 5.32 Å². The maximum absolute atomic E-state index is 3.52. The summed E-state index contributed by atoms with van der Waals surface area (Å²) in [5.74, 6) is 0. The molecule has 1 aliphatic rings. The van der Waals surface area contributed by atoms with Gasteiger partial charge in [-0.2, -0.15) is 0 Å². The van der Waals surface area contributed by atoms with Gasteiger partial charge in [0.1, 0.15) is 0 Å². The van der Waals surface area contributed by atoms with Gasteiger partial charge in [-0.05, 0) is 68.6 Å². The summed E-state index contributed by atoms with van der Waals surface area (Å²) >= 11 is 3.94. The maximum Gasteiger partial charge on any atom is 0.0416 e. The highest BCUT2D eigenvalue weighted by atomic mass is 32.1. The Hall–Kier alpha value is -0.640. The largest absolute Gasteiger partial charge is 0.312 e. The van der Waals surface area contributed by atoms with Gasteiger partial charge >= 0.3 is 0 Å². The molecule has 0 fully saturated rings. The zero-order valence-electron chi connectivity index (χ0n) is 12.2. The molecule has 108 valence electrons. The monoisotopic (exact) mass is 305 g/mol. The maximum atomic E-state index is 3.52. The van der Waals surface area contributed by atoms with Crippen molar-refractivity contribution in [1.29, 1.82) is 0 Å². The van der Waals surface area contributed by atoms with Crippen molar-refractivity contribution in [3.63, 3.8) is 0 Å². The van der Waals surface area contributed by atoms with Gasteiger partial charge in [0.05, 0.1) is 0 Å². The Bertz CT molecular complexity index is 504. The van der Waals surface area contributed by atoms with Gasteiger partial charge in [0.2, 0.25) is 0 Å². The molecule has 0 aliphatic heterocycles. The Labute approximate surface area is 130 Å². The first kappa shape index (κ1) is 14.3. The molecule has 0 bridgehead atoms. The Morgan fingerprint density at radius 3 is 2.95 bits per heavy atom. The molecule has 0 amide bonds. The molecule has 2 aromatic heterocycles. The average molecular weight is 306 g/mol. The first-order chi connectivity index (χ1) is 9.86. The van der Waals surface area contributed by atoms with Crippen molar-refractivity contribution < 1.29 is 0 Å². The van der Waals surface area contributed by atoms with E-state index >= 15 is 0 Å². The van der Waals surface area contributed by atoms with Gasteiger partial charge in [0.25, 0.3) is 0 Å². The number of thiophene rings is 2. The van der Waals surface area contributed by atoms with Crippen LogP contribution < -0.4 is 5.32 Å². The summed E-state index contributed by atoms with van der Waals surface area (Å²) in [6, 6.07) is 7.41. The molecule has 3 rings (SSSR count). The Morgan fingerprint density at radius 2 is 2.15 bits per heavy atom. The molecule has 0 saturated heterocycles. The lowest BCUT2D eigenvalue weighted by Crippen LogP contribution is -2.15. The third-order valence-electron chi connectivity index (χ3n) is 4.22. The third-order valence-corrected chi connectivity index (χ3v) is 6.50. The molecule has 3 heteroatoms. The molecule has 1 N–H and O–H groups in total. The van der Waals surface area contributed by atoms with Gasteiger partial charge in [-0.25, -0.2) is 0 Å². The van der Waals surface area contributed by atoms with E-state index in [0.29, 0.717) is 6.04 Å². The number of rotatable bonds is 5. The standard InChI is InChI=1S/C17H23NS2/c1-18-15(10-9-14-7-5-11-19-14)17-12-13-6-3-2-4-8-16(13)20-17/h5,7,11-12,15,18H,2-4,6,8-10H2,1H3. The van der Waals surface area contributed by atoms with Crippen LogP contribution in [0.25, 0.3) is 0 Å². The van der Waals surface area contributed by atoms with E-state index in [2.05, 4.69) is 47.3 Å². The highest BCUT2D eigenvalue weighted by Gasteiger charge is 2.17. The first-order valence-electron chi connectivity index (χ1n) is 7.68. The van der Waals surface area contributed by atoms with Crippen LogP contribution in [-0.4, -0.2) is 7.05 Å². The second-order valence-electron chi connectivity index (χ2n) is 5.62. The minimum Gasteiger partial charge on any atom is -0.312 e. The van der Waals surface area contributed by atoms with Crippen LogP contribution in [0.5, 0.6) is 0 Å². The van der Waals surface area contributed by atoms with Crippen molar-refractivity contribution >= 4 is 22.7 Å². The van der Waals surface area contributed by atoms with Gasteiger partial charge in [-0.1, -0.05) is 12.5 Å². The van der Waals surface area contributed by atoms with Crippen molar-refractivity contribution in [3.05, 3.63) is 43.8 Å². The summed E-state index contributed by atoms with van der Waals surface area (Å²) in [6.45, 7) is 0. The first-order valence-corrected chi connectivity index (χ1v) is 9.37. The smallest absolute Gasteiger partial charge is 0.0416 e. The number of fused-ring (bicyclic) bond motifs is 1. The second-order valence-corrected chi connectivity index (χ2v) is 7.82. The van der Waals surface area contributed by atoms with Gasteiger partial charge in [0.15, 0.2) is 0 Å². The van der Waals surface area contributed by atoms with Crippen molar-refractivity contribution in [1.82, 2.24) is 5.32 Å². The number of nitrogens with one attached hydrogen (secondary N) is 1. The predicted molar refractivity (Wildman–Crippen MR) is 90.0 cm³/mol. The molecule has 20 heavy (non-hydrogen) atoms. The van der Waals surface area contributed by atoms with Crippen LogP contribution in [0.3, 0.4) is 0 Å². The molecule has 1 nitrogen and oxygen atoms in total. The summed E-state index contributed by atoms with van der Waals surface area (Å²) in [5.41, 5.74) is 1.64. The number of hydrogen-bond acceptors (Lipinski definition) is 3. The molecule has 1 aliphatic carbocycles. The van der Waals surface area contributed by atoms with Gasteiger partial charge in [-0.3, -0.25) is 0 Å². The van der Waals surface area contributed by atoms with Crippen molar-refractivity contribution in [3.8, 4) is 0 Å². The topological polar surface area (TPSA) is 12.0 Å². The van der Waals surface area contributed by atoms with Gasteiger partial charge in [-0.15, -0.1) is 22.7 Å². The highest BCUT2D eigenvalue weighted by molar-refractivity contribution is 7.12. The van der Waals surface area contributed by atoms with E-state index in [9.17, 15) is 0 Å². The molecule has 0 saturated carbocycles. The molecule has 0 spiro atoms. The lowest BCUT2D eigenvalue weighted by atomic mass is 10.1. The third kappa shape index (κ3) is 3.33. The fourth-order valence-electron chi connectivity index (χ4n) is 3.03. The van der Waals surface area contributed by atoms with E-state index in [0.717, 1.165) is 0 Å². The summed E-state index contributed by atoms with van der Waals surface area (Å²) in [4.78, 5) is 4.72. The SMILES string of the molecule is CNC(CCc1cccs1)c1cc2c(s1)CCCCC2. The van der Waals surface area contributed by atoms with E-state index in [-0.39, 0.29) is 0 Å². The van der Waals surface area contributed by atoms with Crippen LogP contribution in [0.1, 0.15) is 51.9 Å². The average Bonchev–Trinajstić information content (AvgIpc) is 3.06. The number of hydrogen-bond donors (Lipinski definition) is 1. The van der Waals surface area contributed by atoms with Crippen molar-refractivity contribution in [2.45, 2.75) is 51.0 Å². The quantitative estimate of drug-likeness (QED) is 0.769. The van der Waals surface area contributed by atoms with Crippen LogP contribution in [0.2, 0.25) is 0 Å². The van der Waals surface area contributed by atoms with Crippen molar-refractivity contribution in [2.24, 2.45) is 0 Å². The van der Waals surface area contributed by atoms with Crippen molar-refractivity contribution in [2.75, 3.05) is 7.05 Å². The lowest BCUT2D eigenvalue weighted by Gasteiger charge is -2.13. The Kier molecular flexibility index (Phi) is 4.92. The molecule has 1 unspecified atom stereocenters. The molecule has 1 atom stereocenters. The zero-order chi connectivity index (χ0) is 13.8. The minimum atomic E-state index is 0.522. The van der Waals surface area contributed by atoms with E-state index in [4.69, 9.17) is 0 Å². The highest BCUT2D eigenvalue weighted by Crippen LogP contribution is 2.33. The lowest BCUT2D eigenvalue weighted by molar-refractivity contribution is 0.559. The van der Waals surface area contributed by atoms with Crippen LogP contribution in [-0.2, 0) is 19.3 Å². The number of aryl methyl sites for hydroxylation is 3. The Morgan fingerprint density at radius 1 is 1.25 bits per heavy atom. The predicted octanol–water partition coefficient (Wildman–Crippen LogP) is 4.97. The minimum absolute atomic E-state index is 0.522. The van der Waals surface area contributed by atoms with Gasteiger partial charge in [0, 0.05) is 20.7 Å². The second kappa shape index (κ2) is 6.88. The van der Waals surface area contributed by atoms with E-state index in [1.807, 2.05) is 11.3 Å². The summed E-state index contributed by atoms with van der Waals surface area (Å²) in [6.07, 6.45) is 9.16. The summed E-state index contributed by atoms with van der Waals surface area (Å²) in [5, 5.41) is 5.70. The van der Waals surface area contributed by atoms with Crippen LogP contribution >= 0.6 is 22.7 Å². The molecule has 0 aromatic carbocycles. The summed E-state index contributed by atoms with van der Waals surface area (Å²) in [7, 11) is 2.10. The van der Waals surface area contributed by atoms with Crippen LogP contribution in [0.15, 0.2) is 23.6 Å². The zero-order valence-corrected chi connectivity index (χ0v) is 13.8. The molecular weight excluding hydrogens is 282 g/mol. The fourth-order valence-corrected chi connectivity index (χ4v) is 5.16. The molecule has 0 radical (unpaired) electrons. The van der Waals surface area contributed by atoms with Crippen LogP contribution in [0.4, 0.5) is 0 Å². The fraction of sp³-hybridized carbons (Fsp3) is 0.529. The van der Waals surface area contributed by atoms with E-state index < -0.39 is 0 Å². The molecular formula is C17H23NS2. The summed E-state index contributed by atoms with van der Waals surface area (Å²) < 4.78 is 0. The Balaban J connectivity index is 1.69. The molecule has 2 aromatic rings. The molecule has 2 heterocycles. The van der Waals surface area contributed by atoms with E-state index in [1.54, 1.807) is 15.3 Å². The van der Waals surface area contributed by atoms with Crippen LogP contribution in [0, 0.1) is 0 Å².